The van der Waals surface area contributed by atoms with Crippen molar-refractivity contribution in [3.8, 4) is 11.1 Å². The first-order valence-electron chi connectivity index (χ1n) is 9.15. The quantitative estimate of drug-likeness (QED) is 0.816. The summed E-state index contributed by atoms with van der Waals surface area (Å²) in [7, 11) is 0. The van der Waals surface area contributed by atoms with Gasteiger partial charge in [-0.15, -0.1) is 0 Å². The van der Waals surface area contributed by atoms with Gasteiger partial charge in [0.1, 0.15) is 5.54 Å². The van der Waals surface area contributed by atoms with E-state index in [0.29, 0.717) is 13.1 Å². The number of carbonyl (C=O) groups is 1. The molecule has 2 aromatic carbocycles. The van der Waals surface area contributed by atoms with E-state index in [0.717, 1.165) is 31.4 Å². The Kier molecular flexibility index (Phi) is 4.16. The molecule has 1 fully saturated rings. The largest absolute Gasteiger partial charge is 0.331 e. The second kappa shape index (κ2) is 6.47. The van der Waals surface area contributed by atoms with Crippen molar-refractivity contribution < 1.29 is 4.79 Å². The van der Waals surface area contributed by atoms with Crippen LogP contribution in [-0.2, 0) is 11.3 Å². The van der Waals surface area contributed by atoms with Gasteiger partial charge >= 0.3 is 0 Å². The Morgan fingerprint density at radius 3 is 2.28 bits per heavy atom. The molecule has 2 aliphatic rings. The van der Waals surface area contributed by atoms with Gasteiger partial charge in [0.2, 0.25) is 0 Å². The average molecular weight is 332 g/mol. The lowest BCUT2D eigenvalue weighted by atomic mass is 9.93. The molecule has 0 unspecified atom stereocenters. The molecule has 25 heavy (non-hydrogen) atoms. The van der Waals surface area contributed by atoms with Crippen LogP contribution in [0.5, 0.6) is 0 Å². The molecule has 128 valence electrons. The lowest BCUT2D eigenvalue weighted by Crippen LogP contribution is -2.51. The Morgan fingerprint density at radius 2 is 1.60 bits per heavy atom. The van der Waals surface area contributed by atoms with Gasteiger partial charge in [0.25, 0.3) is 5.91 Å². The van der Waals surface area contributed by atoms with E-state index in [1.807, 2.05) is 11.0 Å². The summed E-state index contributed by atoms with van der Waals surface area (Å²) in [5.74, 6) is 0.225. The topological polar surface area (TPSA) is 32.7 Å². The third-order valence-corrected chi connectivity index (χ3v) is 5.38. The first-order chi connectivity index (χ1) is 12.2. The van der Waals surface area contributed by atoms with Crippen molar-refractivity contribution in [3.63, 3.8) is 0 Å². The molecule has 0 N–H and O–H groups in total. The second-order valence-corrected chi connectivity index (χ2v) is 7.31. The van der Waals surface area contributed by atoms with E-state index >= 15 is 0 Å². The normalized spacial score (nSPS) is 19.3. The summed E-state index contributed by atoms with van der Waals surface area (Å²) in [6.45, 7) is 3.38. The van der Waals surface area contributed by atoms with Crippen LogP contribution in [0.2, 0.25) is 0 Å². The molecular formula is C22H24N2O. The Bertz CT molecular complexity index is 787. The van der Waals surface area contributed by atoms with Crippen molar-refractivity contribution in [2.45, 2.75) is 44.7 Å². The van der Waals surface area contributed by atoms with Gasteiger partial charge in [-0.2, -0.15) is 0 Å². The molecule has 2 aromatic rings. The zero-order chi connectivity index (χ0) is 17.3. The highest BCUT2D eigenvalue weighted by atomic mass is 16.2. The minimum Gasteiger partial charge on any atom is -0.331 e. The van der Waals surface area contributed by atoms with E-state index < -0.39 is 5.54 Å². The molecule has 0 radical (unpaired) electrons. The number of nitrogens with zero attached hydrogens (tertiary/aromatic N) is 2. The number of aliphatic imine (C=N–C) groups is 1. The predicted molar refractivity (Wildman–Crippen MR) is 102 cm³/mol. The van der Waals surface area contributed by atoms with E-state index in [1.165, 1.54) is 16.7 Å². The molecule has 1 heterocycles. The number of amides is 1. The lowest BCUT2D eigenvalue weighted by molar-refractivity contribution is -0.137. The van der Waals surface area contributed by atoms with Gasteiger partial charge in [-0.05, 0) is 36.5 Å². The number of rotatable bonds is 3. The first kappa shape index (κ1) is 16.1. The van der Waals surface area contributed by atoms with Gasteiger partial charge in [-0.3, -0.25) is 9.79 Å². The van der Waals surface area contributed by atoms with Crippen LogP contribution in [0.15, 0.2) is 59.6 Å². The second-order valence-electron chi connectivity index (χ2n) is 7.31. The average Bonchev–Trinajstić information content (AvgIpc) is 3.10. The first-order valence-corrected chi connectivity index (χ1v) is 9.15. The van der Waals surface area contributed by atoms with Crippen LogP contribution in [0.1, 0.15) is 38.2 Å². The third kappa shape index (κ3) is 3.11. The summed E-state index contributed by atoms with van der Waals surface area (Å²) in [6, 6.07) is 18.9. The summed E-state index contributed by atoms with van der Waals surface area (Å²) in [5.41, 5.74) is 4.24. The van der Waals surface area contributed by atoms with Crippen LogP contribution in [0, 0.1) is 0 Å². The van der Waals surface area contributed by atoms with Gasteiger partial charge in [0.15, 0.2) is 0 Å². The van der Waals surface area contributed by atoms with Gasteiger partial charge in [-0.1, -0.05) is 67.4 Å². The molecule has 1 amide bonds. The smallest absolute Gasteiger partial charge is 0.251 e. The molecule has 1 aliphatic carbocycles. The molecule has 1 aliphatic heterocycles. The highest BCUT2D eigenvalue weighted by Gasteiger charge is 2.45. The molecule has 3 nitrogen and oxygen atoms in total. The van der Waals surface area contributed by atoms with E-state index in [-0.39, 0.29) is 5.91 Å². The number of benzene rings is 2. The highest BCUT2D eigenvalue weighted by Crippen LogP contribution is 2.37. The number of hydrogen-bond donors (Lipinski definition) is 0. The summed E-state index contributed by atoms with van der Waals surface area (Å²) in [5, 5.41) is 0. The van der Waals surface area contributed by atoms with Gasteiger partial charge in [0, 0.05) is 12.3 Å². The van der Waals surface area contributed by atoms with Crippen molar-refractivity contribution in [3.05, 3.63) is 60.2 Å². The summed E-state index contributed by atoms with van der Waals surface area (Å²) in [4.78, 5) is 19.8. The minimum absolute atomic E-state index is 0.225. The monoisotopic (exact) mass is 332 g/mol. The van der Waals surface area contributed by atoms with Crippen LogP contribution in [0.4, 0.5) is 0 Å². The van der Waals surface area contributed by atoms with Crippen molar-refractivity contribution >= 4 is 11.6 Å². The Morgan fingerprint density at radius 1 is 0.960 bits per heavy atom. The molecular weight excluding hydrogens is 308 g/mol. The van der Waals surface area contributed by atoms with Crippen molar-refractivity contribution in [2.75, 3.05) is 6.54 Å². The molecule has 4 rings (SSSR count). The van der Waals surface area contributed by atoms with Crippen molar-refractivity contribution in [2.24, 2.45) is 4.99 Å². The van der Waals surface area contributed by atoms with Gasteiger partial charge in [-0.25, -0.2) is 0 Å². The minimum atomic E-state index is -0.452. The molecule has 0 atom stereocenters. The molecule has 3 heteroatoms. The molecule has 1 saturated carbocycles. The Hall–Kier alpha value is -2.42. The van der Waals surface area contributed by atoms with Crippen LogP contribution in [0.25, 0.3) is 11.1 Å². The fourth-order valence-electron chi connectivity index (χ4n) is 4.16. The summed E-state index contributed by atoms with van der Waals surface area (Å²) < 4.78 is 0. The fourth-order valence-corrected chi connectivity index (χ4v) is 4.16. The van der Waals surface area contributed by atoms with E-state index in [1.54, 1.807) is 0 Å². The highest BCUT2D eigenvalue weighted by molar-refractivity contribution is 5.98. The van der Waals surface area contributed by atoms with Crippen molar-refractivity contribution in [1.29, 1.82) is 0 Å². The predicted octanol–water partition coefficient (Wildman–Crippen LogP) is 4.47. The lowest BCUT2D eigenvalue weighted by Gasteiger charge is -2.36. The van der Waals surface area contributed by atoms with Crippen molar-refractivity contribution in [1.82, 2.24) is 4.90 Å². The Balaban J connectivity index is 1.52. The van der Waals surface area contributed by atoms with Crippen LogP contribution >= 0.6 is 0 Å². The number of carbonyl (C=O) groups excluding carboxylic acids is 1. The zero-order valence-electron chi connectivity index (χ0n) is 14.7. The van der Waals surface area contributed by atoms with Crippen LogP contribution < -0.4 is 0 Å². The van der Waals surface area contributed by atoms with E-state index in [4.69, 9.17) is 4.99 Å². The van der Waals surface area contributed by atoms with E-state index in [9.17, 15) is 4.79 Å². The number of hydrogen-bond acceptors (Lipinski definition) is 2. The summed E-state index contributed by atoms with van der Waals surface area (Å²) in [6.07, 6.45) is 4.05. The maximum absolute atomic E-state index is 13.0. The van der Waals surface area contributed by atoms with Crippen LogP contribution in [0.3, 0.4) is 0 Å². The fraction of sp³-hybridized carbons (Fsp3) is 0.364. The Labute approximate surface area is 149 Å². The van der Waals surface area contributed by atoms with Gasteiger partial charge < -0.3 is 4.90 Å². The SMILES string of the molecule is CC1=NC2(CCCC2)C(=O)N(Cc2ccc(-c3ccccc3)cc2)C1. The standard InChI is InChI=1S/C22H24N2O/c1-17-15-24(21(25)22(23-17)13-5-6-14-22)16-18-9-11-20(12-10-18)19-7-3-2-4-8-19/h2-4,7-12H,5-6,13-16H2,1H3. The van der Waals surface area contributed by atoms with E-state index in [2.05, 4.69) is 55.5 Å². The molecule has 0 saturated heterocycles. The zero-order valence-corrected chi connectivity index (χ0v) is 14.7. The van der Waals surface area contributed by atoms with Crippen LogP contribution in [-0.4, -0.2) is 28.6 Å². The molecule has 1 spiro atoms. The molecule has 0 bridgehead atoms. The maximum atomic E-state index is 13.0. The maximum Gasteiger partial charge on any atom is 0.251 e. The van der Waals surface area contributed by atoms with Gasteiger partial charge in [0.05, 0.1) is 6.54 Å². The molecule has 0 aromatic heterocycles. The third-order valence-electron chi connectivity index (χ3n) is 5.38. The summed E-state index contributed by atoms with van der Waals surface area (Å²) >= 11 is 0.